The molecular weight excluding hydrogens is 417 g/mol. The maximum absolute atomic E-state index is 13.6. The van der Waals surface area contributed by atoms with E-state index < -0.39 is 17.3 Å². The minimum atomic E-state index is -4.53. The molecule has 0 saturated heterocycles. The molecule has 0 bridgehead atoms. The molecule has 3 aromatic heterocycles. The third kappa shape index (κ3) is 3.24. The summed E-state index contributed by atoms with van der Waals surface area (Å²) in [5.41, 5.74) is 2.17. The van der Waals surface area contributed by atoms with Gasteiger partial charge in [-0.3, -0.25) is 14.5 Å². The number of hydrogen-bond donors (Lipinski definition) is 1. The highest BCUT2D eigenvalue weighted by Crippen LogP contribution is 2.31. The highest BCUT2D eigenvalue weighted by Gasteiger charge is 2.31. The number of alkyl halides is 3. The van der Waals surface area contributed by atoms with Crippen molar-refractivity contribution in [2.45, 2.75) is 19.5 Å². The molecule has 0 atom stereocenters. The van der Waals surface area contributed by atoms with E-state index in [0.29, 0.717) is 28.4 Å². The van der Waals surface area contributed by atoms with Gasteiger partial charge in [-0.15, -0.1) is 0 Å². The number of aryl methyl sites for hydroxylation is 1. The van der Waals surface area contributed by atoms with Crippen LogP contribution in [0.1, 0.15) is 22.4 Å². The smallest absolute Gasteiger partial charge is 0.277 e. The predicted molar refractivity (Wildman–Crippen MR) is 116 cm³/mol. The Morgan fingerprint density at radius 3 is 2.62 bits per heavy atom. The van der Waals surface area contributed by atoms with Crippen molar-refractivity contribution in [3.8, 4) is 5.69 Å². The molecule has 5 nitrogen and oxygen atoms in total. The Balaban J connectivity index is 1.81. The lowest BCUT2D eigenvalue weighted by atomic mass is 10.0. The fraction of sp³-hybridized carbons (Fsp3) is 0.125. The fourth-order valence-corrected chi connectivity index (χ4v) is 3.96. The van der Waals surface area contributed by atoms with Crippen LogP contribution < -0.4 is 5.56 Å². The number of nitrogens with one attached hydrogen (secondary N) is 1. The molecule has 5 rings (SSSR count). The minimum absolute atomic E-state index is 0.0958. The number of pyridine rings is 2. The average molecular weight is 434 g/mol. The maximum Gasteiger partial charge on any atom is 0.416 e. The Hall–Kier alpha value is -3.94. The summed E-state index contributed by atoms with van der Waals surface area (Å²) < 4.78 is 41.2. The van der Waals surface area contributed by atoms with E-state index in [1.807, 2.05) is 31.2 Å². The Labute approximate surface area is 180 Å². The van der Waals surface area contributed by atoms with Crippen LogP contribution in [-0.2, 0) is 12.6 Å². The zero-order valence-electron chi connectivity index (χ0n) is 16.9. The summed E-state index contributed by atoms with van der Waals surface area (Å²) in [6.45, 7) is 1.98. The molecule has 0 aliphatic heterocycles. The summed E-state index contributed by atoms with van der Waals surface area (Å²) in [4.78, 5) is 17.9. The largest absolute Gasteiger partial charge is 0.416 e. The second kappa shape index (κ2) is 7.33. The molecule has 0 fully saturated rings. The molecule has 3 heterocycles. The Morgan fingerprint density at radius 2 is 1.84 bits per heavy atom. The van der Waals surface area contributed by atoms with E-state index in [9.17, 15) is 18.0 Å². The van der Waals surface area contributed by atoms with Gasteiger partial charge in [-0.2, -0.15) is 18.3 Å². The van der Waals surface area contributed by atoms with Crippen LogP contribution in [0.3, 0.4) is 0 Å². The van der Waals surface area contributed by atoms with E-state index in [4.69, 9.17) is 0 Å². The quantitative estimate of drug-likeness (QED) is 0.426. The van der Waals surface area contributed by atoms with Crippen LogP contribution in [0.5, 0.6) is 0 Å². The fourth-order valence-electron chi connectivity index (χ4n) is 3.96. The third-order valence-corrected chi connectivity index (χ3v) is 5.58. The van der Waals surface area contributed by atoms with E-state index in [1.165, 1.54) is 22.9 Å². The first kappa shape index (κ1) is 20.0. The highest BCUT2D eigenvalue weighted by atomic mass is 19.4. The van der Waals surface area contributed by atoms with Crippen molar-refractivity contribution >= 4 is 21.9 Å². The molecule has 1 N–H and O–H groups in total. The third-order valence-electron chi connectivity index (χ3n) is 5.58. The van der Waals surface area contributed by atoms with Crippen molar-refractivity contribution in [2.24, 2.45) is 0 Å². The topological polar surface area (TPSA) is 63.6 Å². The van der Waals surface area contributed by atoms with Crippen molar-refractivity contribution in [3.63, 3.8) is 0 Å². The number of aromatic amines is 1. The van der Waals surface area contributed by atoms with Crippen LogP contribution >= 0.6 is 0 Å². The molecule has 0 spiro atoms. The molecule has 8 heteroatoms. The Morgan fingerprint density at radius 1 is 1.03 bits per heavy atom. The molecule has 0 aliphatic carbocycles. The van der Waals surface area contributed by atoms with Gasteiger partial charge in [0.15, 0.2) is 0 Å². The molecular formula is C24H17F3N4O. The second-order valence-corrected chi connectivity index (χ2v) is 7.59. The summed E-state index contributed by atoms with van der Waals surface area (Å²) in [7, 11) is 0. The number of rotatable bonds is 3. The van der Waals surface area contributed by atoms with Crippen molar-refractivity contribution in [3.05, 3.63) is 99.6 Å². The number of H-pyrrole nitrogens is 1. The van der Waals surface area contributed by atoms with Gasteiger partial charge in [0.05, 0.1) is 27.8 Å². The van der Waals surface area contributed by atoms with Gasteiger partial charge in [0, 0.05) is 18.0 Å². The summed E-state index contributed by atoms with van der Waals surface area (Å²) in [5, 5.41) is 8.27. The normalized spacial score (nSPS) is 12.0. The molecule has 0 amide bonds. The van der Waals surface area contributed by atoms with Gasteiger partial charge in [-0.05, 0) is 48.4 Å². The van der Waals surface area contributed by atoms with Gasteiger partial charge in [0.25, 0.3) is 5.56 Å². The van der Waals surface area contributed by atoms with E-state index >= 15 is 0 Å². The summed E-state index contributed by atoms with van der Waals surface area (Å²) >= 11 is 0. The van der Waals surface area contributed by atoms with Crippen molar-refractivity contribution in [1.29, 1.82) is 0 Å². The van der Waals surface area contributed by atoms with Crippen LogP contribution in [0.15, 0.2) is 71.7 Å². The number of fused-ring (bicyclic) bond motifs is 3. The van der Waals surface area contributed by atoms with E-state index in [0.717, 1.165) is 23.3 Å². The molecule has 0 aliphatic rings. The van der Waals surface area contributed by atoms with Crippen molar-refractivity contribution < 1.29 is 13.2 Å². The number of hydrogen-bond acceptors (Lipinski definition) is 3. The standard InChI is InChI=1S/C24H17F3N4O/c1-14-6-2-3-7-15(14)12-19-20-21(30-29-19)18-10-5-11-28-22(18)31(23(20)32)17-9-4-8-16(13-17)24(25,26)27/h2-11,13H,12H2,1H3,(H,29,30). The maximum atomic E-state index is 13.6. The Bertz CT molecular complexity index is 1530. The Kier molecular flexibility index (Phi) is 4.58. The van der Waals surface area contributed by atoms with Gasteiger partial charge >= 0.3 is 6.18 Å². The van der Waals surface area contributed by atoms with Crippen molar-refractivity contribution in [1.82, 2.24) is 19.7 Å². The first-order valence-corrected chi connectivity index (χ1v) is 9.93. The summed E-state index contributed by atoms with van der Waals surface area (Å²) in [6, 6.07) is 16.0. The van der Waals surface area contributed by atoms with Crippen LogP contribution in [0.4, 0.5) is 13.2 Å². The van der Waals surface area contributed by atoms with Gasteiger partial charge in [-0.25, -0.2) is 4.98 Å². The average Bonchev–Trinajstić information content (AvgIpc) is 3.19. The van der Waals surface area contributed by atoms with Crippen LogP contribution in [0.25, 0.3) is 27.6 Å². The lowest BCUT2D eigenvalue weighted by molar-refractivity contribution is -0.137. The van der Waals surface area contributed by atoms with Gasteiger partial charge < -0.3 is 0 Å². The van der Waals surface area contributed by atoms with Crippen LogP contribution in [0, 0.1) is 6.92 Å². The summed E-state index contributed by atoms with van der Waals surface area (Å²) in [6.07, 6.45) is -2.61. The first-order chi connectivity index (χ1) is 15.3. The molecule has 0 unspecified atom stereocenters. The first-order valence-electron chi connectivity index (χ1n) is 9.93. The number of benzene rings is 2. The van der Waals surface area contributed by atoms with E-state index in [-0.39, 0.29) is 11.3 Å². The van der Waals surface area contributed by atoms with Gasteiger partial charge in [0.2, 0.25) is 0 Å². The van der Waals surface area contributed by atoms with Crippen LogP contribution in [-0.4, -0.2) is 19.7 Å². The van der Waals surface area contributed by atoms with Crippen molar-refractivity contribution in [2.75, 3.05) is 0 Å². The van der Waals surface area contributed by atoms with Gasteiger partial charge in [-0.1, -0.05) is 30.3 Å². The molecule has 0 saturated carbocycles. The molecule has 0 radical (unpaired) electrons. The monoisotopic (exact) mass is 434 g/mol. The number of nitrogens with zero attached hydrogens (tertiary/aromatic N) is 3. The number of aromatic nitrogens is 4. The molecule has 160 valence electrons. The van der Waals surface area contributed by atoms with E-state index in [2.05, 4.69) is 15.2 Å². The SMILES string of the molecule is Cc1ccccc1Cc1n[nH]c2c1c(=O)n(-c1cccc(C(F)(F)F)c1)c1ncccc21. The zero-order chi connectivity index (χ0) is 22.5. The lowest BCUT2D eigenvalue weighted by Crippen LogP contribution is -2.21. The molecule has 5 aromatic rings. The van der Waals surface area contributed by atoms with Crippen LogP contribution in [0.2, 0.25) is 0 Å². The van der Waals surface area contributed by atoms with Gasteiger partial charge in [0.1, 0.15) is 5.65 Å². The highest BCUT2D eigenvalue weighted by molar-refractivity contribution is 6.03. The predicted octanol–water partition coefficient (Wildman–Crippen LogP) is 5.18. The molecule has 32 heavy (non-hydrogen) atoms. The second-order valence-electron chi connectivity index (χ2n) is 7.59. The number of halogens is 3. The van der Waals surface area contributed by atoms with E-state index in [1.54, 1.807) is 12.1 Å². The lowest BCUT2D eigenvalue weighted by Gasteiger charge is -2.13. The summed E-state index contributed by atoms with van der Waals surface area (Å²) in [5.74, 6) is 0. The minimum Gasteiger partial charge on any atom is -0.277 e. The zero-order valence-corrected chi connectivity index (χ0v) is 16.9. The molecule has 2 aromatic carbocycles.